The number of aliphatic hydroxyl groups excluding tert-OH is 1. The van der Waals surface area contributed by atoms with Gasteiger partial charge in [0.2, 0.25) is 41.4 Å². The summed E-state index contributed by atoms with van der Waals surface area (Å²) in [5.74, 6) is -7.49. The lowest BCUT2D eigenvalue weighted by Gasteiger charge is -2.29. The molecule has 7 atom stereocenters. The minimum Gasteiger partial charge on any atom is -0.480 e. The number of likely N-dealkylation sites (tertiary alicyclic amines) is 1. The minimum absolute atomic E-state index is 0.00528. The number of nitrogens with one attached hydrogen (secondary N) is 5. The van der Waals surface area contributed by atoms with Gasteiger partial charge in [0, 0.05) is 25.9 Å². The normalized spacial score (nSPS) is 16.3. The van der Waals surface area contributed by atoms with Gasteiger partial charge in [-0.05, 0) is 49.1 Å². The predicted molar refractivity (Wildman–Crippen MR) is 231 cm³/mol. The van der Waals surface area contributed by atoms with Crippen LogP contribution in [0.4, 0.5) is 0 Å². The molecule has 3 rings (SSSR count). The number of aliphatic hydroxyl groups is 1. The standard InChI is InChI=1S/C42H61N11O10/c1-24(2)19-29(37(58)48-28(15-9-17-47-42(45)46)36(57)52-32(22-34(44)55)40(61)53-18-10-16-33(53)41(62)63)50-39(60)31(21-26-13-7-4-8-14-26)51-38(59)30(49-35(56)27(43)23-54)20-25-11-5-3-6-12-25/h3-8,11-14,24,27-33,54H,9-10,15-23,43H2,1-2H3,(H2,44,55)(H,48,58)(H,49,56)(H,50,60)(H,51,59)(H,52,57)(H,62,63)(H4,45,46,47)/t27-,28-,29-,30-,31-,32-,33-/m0/s1. The van der Waals surface area contributed by atoms with Gasteiger partial charge in [-0.1, -0.05) is 74.5 Å². The molecular formula is C42H61N11O10. The molecule has 1 heterocycles. The summed E-state index contributed by atoms with van der Waals surface area (Å²) < 4.78 is 0. The van der Waals surface area contributed by atoms with E-state index in [4.69, 9.17) is 22.9 Å². The number of nitrogens with zero attached hydrogens (tertiary/aromatic N) is 2. The average molecular weight is 880 g/mol. The number of carboxylic acid groups (broad SMARTS) is 1. The quantitative estimate of drug-likeness (QED) is 0.0275. The number of hydrogen-bond acceptors (Lipinski definition) is 11. The molecule has 2 aromatic rings. The van der Waals surface area contributed by atoms with Crippen LogP contribution in [0.15, 0.2) is 65.7 Å². The Bertz CT molecular complexity index is 1910. The molecule has 1 saturated heterocycles. The summed E-state index contributed by atoms with van der Waals surface area (Å²) in [4.78, 5) is 112. The van der Waals surface area contributed by atoms with E-state index in [1.54, 1.807) is 74.5 Å². The Balaban J connectivity index is 1.92. The monoisotopic (exact) mass is 879 g/mol. The molecule has 1 aliphatic heterocycles. The van der Waals surface area contributed by atoms with Gasteiger partial charge in [0.05, 0.1) is 13.0 Å². The number of guanidine groups is 1. The van der Waals surface area contributed by atoms with E-state index < -0.39 is 103 Å². The maximum Gasteiger partial charge on any atom is 0.326 e. The number of benzene rings is 2. The van der Waals surface area contributed by atoms with Crippen molar-refractivity contribution in [3.05, 3.63) is 71.8 Å². The van der Waals surface area contributed by atoms with Gasteiger partial charge in [-0.2, -0.15) is 0 Å². The van der Waals surface area contributed by atoms with Gasteiger partial charge in [0.1, 0.15) is 42.3 Å². The summed E-state index contributed by atoms with van der Waals surface area (Å²) in [7, 11) is 0. The van der Waals surface area contributed by atoms with Crippen molar-refractivity contribution in [1.29, 1.82) is 0 Å². The Hall–Kier alpha value is -6.61. The minimum atomic E-state index is -1.56. The highest BCUT2D eigenvalue weighted by molar-refractivity contribution is 5.98. The predicted octanol–water partition coefficient (Wildman–Crippen LogP) is -2.73. The van der Waals surface area contributed by atoms with Crippen LogP contribution in [0, 0.1) is 5.92 Å². The molecule has 15 N–H and O–H groups in total. The average Bonchev–Trinajstić information content (AvgIpc) is 3.74. The first-order valence-electron chi connectivity index (χ1n) is 20.7. The molecule has 1 aliphatic rings. The van der Waals surface area contributed by atoms with Crippen molar-refractivity contribution >= 4 is 53.3 Å². The van der Waals surface area contributed by atoms with Gasteiger partial charge >= 0.3 is 5.97 Å². The van der Waals surface area contributed by atoms with Crippen LogP contribution in [0.1, 0.15) is 63.5 Å². The molecule has 1 fully saturated rings. The molecule has 0 saturated carbocycles. The first-order chi connectivity index (χ1) is 29.9. The van der Waals surface area contributed by atoms with E-state index in [0.29, 0.717) is 17.5 Å². The Kier molecular flexibility index (Phi) is 20.4. The second-order valence-electron chi connectivity index (χ2n) is 15.8. The molecule has 63 heavy (non-hydrogen) atoms. The molecule has 2 aromatic carbocycles. The van der Waals surface area contributed by atoms with Gasteiger partial charge in [-0.3, -0.25) is 38.6 Å². The van der Waals surface area contributed by atoms with Crippen LogP contribution >= 0.6 is 0 Å². The summed E-state index contributed by atoms with van der Waals surface area (Å²) >= 11 is 0. The van der Waals surface area contributed by atoms with Gasteiger partial charge in [0.15, 0.2) is 5.96 Å². The second-order valence-corrected chi connectivity index (χ2v) is 15.8. The number of carbonyl (C=O) groups is 8. The highest BCUT2D eigenvalue weighted by atomic mass is 16.4. The van der Waals surface area contributed by atoms with Crippen molar-refractivity contribution in [3.8, 4) is 0 Å². The fraction of sp³-hybridized carbons (Fsp3) is 0.500. The number of amides is 7. The third-order valence-electron chi connectivity index (χ3n) is 10.1. The molecule has 0 aliphatic carbocycles. The van der Waals surface area contributed by atoms with E-state index >= 15 is 0 Å². The van der Waals surface area contributed by atoms with Crippen molar-refractivity contribution in [2.45, 2.75) is 108 Å². The molecule has 344 valence electrons. The first kappa shape index (κ1) is 50.7. The lowest BCUT2D eigenvalue weighted by atomic mass is 9.99. The van der Waals surface area contributed by atoms with Crippen LogP contribution in [0.25, 0.3) is 0 Å². The molecule has 21 nitrogen and oxygen atoms in total. The number of carboxylic acids is 1. The van der Waals surface area contributed by atoms with Crippen LogP contribution in [0.3, 0.4) is 0 Å². The zero-order valence-corrected chi connectivity index (χ0v) is 35.5. The Labute approximate surface area is 365 Å². The van der Waals surface area contributed by atoms with E-state index in [9.17, 15) is 48.6 Å². The SMILES string of the molecule is CC(C)C[C@H](NC(=O)[C@H](Cc1ccccc1)NC(=O)[C@H](Cc1ccccc1)NC(=O)[C@@H](N)CO)C(=O)N[C@@H](CCCN=C(N)N)C(=O)N[C@@H](CC(N)=O)C(=O)N1CCC[C@H]1C(=O)O. The summed E-state index contributed by atoms with van der Waals surface area (Å²) in [6, 6.07) is 8.23. The molecule has 21 heteroatoms. The topological polar surface area (TPSA) is 357 Å². The van der Waals surface area contributed by atoms with Gasteiger partial charge in [-0.15, -0.1) is 0 Å². The zero-order valence-electron chi connectivity index (χ0n) is 35.5. The number of carbonyl (C=O) groups excluding carboxylic acids is 7. The van der Waals surface area contributed by atoms with E-state index in [0.717, 1.165) is 4.90 Å². The van der Waals surface area contributed by atoms with Crippen molar-refractivity contribution in [2.75, 3.05) is 19.7 Å². The van der Waals surface area contributed by atoms with Crippen LogP contribution in [-0.2, 0) is 51.2 Å². The van der Waals surface area contributed by atoms with Gasteiger partial charge < -0.3 is 64.6 Å². The Morgan fingerprint density at radius 1 is 0.714 bits per heavy atom. The highest BCUT2D eigenvalue weighted by Gasteiger charge is 2.39. The summed E-state index contributed by atoms with van der Waals surface area (Å²) in [6.45, 7) is 3.03. The molecule has 0 aromatic heterocycles. The van der Waals surface area contributed by atoms with Crippen molar-refractivity contribution in [2.24, 2.45) is 33.8 Å². The summed E-state index contributed by atoms with van der Waals surface area (Å²) in [6.07, 6.45) is -0.0201. The number of hydrogen-bond donors (Lipinski definition) is 11. The van der Waals surface area contributed by atoms with Gasteiger partial charge in [0.25, 0.3) is 0 Å². The van der Waals surface area contributed by atoms with E-state index in [1.165, 1.54) is 0 Å². The summed E-state index contributed by atoms with van der Waals surface area (Å²) in [5, 5.41) is 32.3. The maximum atomic E-state index is 14.3. The lowest BCUT2D eigenvalue weighted by Crippen LogP contribution is -2.60. The molecule has 0 spiro atoms. The van der Waals surface area contributed by atoms with Crippen LogP contribution < -0.4 is 49.5 Å². The first-order valence-corrected chi connectivity index (χ1v) is 20.7. The van der Waals surface area contributed by atoms with Gasteiger partial charge in [-0.25, -0.2) is 4.79 Å². The maximum absolute atomic E-state index is 14.3. The number of rotatable bonds is 25. The Morgan fingerprint density at radius 2 is 1.19 bits per heavy atom. The molecule has 0 radical (unpaired) electrons. The highest BCUT2D eigenvalue weighted by Crippen LogP contribution is 2.20. The van der Waals surface area contributed by atoms with Crippen molar-refractivity contribution in [3.63, 3.8) is 0 Å². The zero-order chi connectivity index (χ0) is 46.6. The second kappa shape index (κ2) is 25.4. The number of aliphatic imine (C=N–C) groups is 1. The third-order valence-corrected chi connectivity index (χ3v) is 10.1. The summed E-state index contributed by atoms with van der Waals surface area (Å²) in [5.41, 5.74) is 23.4. The van der Waals surface area contributed by atoms with Crippen molar-refractivity contribution in [1.82, 2.24) is 31.5 Å². The molecular weight excluding hydrogens is 819 g/mol. The fourth-order valence-electron chi connectivity index (χ4n) is 6.93. The largest absolute Gasteiger partial charge is 0.480 e. The number of nitrogens with two attached hydrogens (primary N) is 4. The number of primary amides is 1. The van der Waals surface area contributed by atoms with Crippen LogP contribution in [-0.4, -0.2) is 130 Å². The fourth-order valence-corrected chi connectivity index (χ4v) is 6.93. The lowest BCUT2D eigenvalue weighted by molar-refractivity contribution is -0.149. The van der Waals surface area contributed by atoms with E-state index in [-0.39, 0.29) is 63.5 Å². The molecule has 7 amide bonds. The van der Waals surface area contributed by atoms with Crippen LogP contribution in [0.2, 0.25) is 0 Å². The Morgan fingerprint density at radius 3 is 1.68 bits per heavy atom. The molecule has 0 bridgehead atoms. The van der Waals surface area contributed by atoms with Crippen molar-refractivity contribution < 1.29 is 48.6 Å². The number of aliphatic carboxylic acids is 1. The van der Waals surface area contributed by atoms with Crippen LogP contribution in [0.5, 0.6) is 0 Å². The smallest absolute Gasteiger partial charge is 0.326 e. The van der Waals surface area contributed by atoms with E-state index in [2.05, 4.69) is 31.6 Å². The van der Waals surface area contributed by atoms with E-state index in [1.807, 2.05) is 0 Å². The molecule has 0 unspecified atom stereocenters. The third kappa shape index (κ3) is 17.0.